The van der Waals surface area contributed by atoms with Crippen molar-refractivity contribution in [2.45, 2.75) is 0 Å². The molecule has 2 aromatic heterocycles. The quantitative estimate of drug-likeness (QED) is 0.643. The topological polar surface area (TPSA) is 67.8 Å². The van der Waals surface area contributed by atoms with Gasteiger partial charge in [-0.3, -0.25) is 4.79 Å². The average molecular weight is 404 g/mol. The standard InChI is InChI=1S/C12H5BrCl2N4OS/c13-5-3-6(11(15)16-4-5)12(20)17-9-7(14)1-2-8-10(9)19-21-18-8/h1-4H,(H,17,20). The molecule has 0 bridgehead atoms. The fourth-order valence-electron chi connectivity index (χ4n) is 1.71. The van der Waals surface area contributed by atoms with Crippen molar-refractivity contribution in [2.24, 2.45) is 0 Å². The summed E-state index contributed by atoms with van der Waals surface area (Å²) in [4.78, 5) is 16.3. The van der Waals surface area contributed by atoms with E-state index in [1.54, 1.807) is 18.2 Å². The number of nitrogens with one attached hydrogen (secondary N) is 1. The predicted molar refractivity (Wildman–Crippen MR) is 87.3 cm³/mol. The number of carbonyl (C=O) groups is 1. The molecule has 5 nitrogen and oxygen atoms in total. The fraction of sp³-hybridized carbons (Fsp3) is 0. The van der Waals surface area contributed by atoms with E-state index in [2.05, 4.69) is 35.0 Å². The van der Waals surface area contributed by atoms with Crippen molar-refractivity contribution in [1.29, 1.82) is 0 Å². The van der Waals surface area contributed by atoms with E-state index in [4.69, 9.17) is 23.2 Å². The Balaban J connectivity index is 2.02. The molecule has 0 aliphatic carbocycles. The molecule has 1 amide bonds. The Kier molecular flexibility index (Phi) is 4.08. The van der Waals surface area contributed by atoms with Crippen LogP contribution in [0.4, 0.5) is 5.69 Å². The van der Waals surface area contributed by atoms with E-state index in [-0.39, 0.29) is 10.7 Å². The zero-order valence-corrected chi connectivity index (χ0v) is 14.0. The highest BCUT2D eigenvalue weighted by Crippen LogP contribution is 2.31. The van der Waals surface area contributed by atoms with E-state index < -0.39 is 5.91 Å². The van der Waals surface area contributed by atoms with Gasteiger partial charge in [0.1, 0.15) is 16.2 Å². The molecule has 3 aromatic rings. The first kappa shape index (κ1) is 14.6. The van der Waals surface area contributed by atoms with Crippen LogP contribution < -0.4 is 5.32 Å². The summed E-state index contributed by atoms with van der Waals surface area (Å²) in [7, 11) is 0. The normalized spacial score (nSPS) is 10.8. The number of pyridine rings is 1. The highest BCUT2D eigenvalue weighted by atomic mass is 79.9. The number of rotatable bonds is 2. The van der Waals surface area contributed by atoms with E-state index in [1.165, 1.54) is 6.20 Å². The van der Waals surface area contributed by atoms with Gasteiger partial charge in [-0.15, -0.1) is 0 Å². The maximum absolute atomic E-state index is 12.3. The van der Waals surface area contributed by atoms with Crippen LogP contribution in [0.25, 0.3) is 11.0 Å². The fourth-order valence-corrected chi connectivity index (χ4v) is 2.97. The van der Waals surface area contributed by atoms with Crippen LogP contribution in [-0.4, -0.2) is 19.6 Å². The minimum Gasteiger partial charge on any atom is -0.319 e. The van der Waals surface area contributed by atoms with E-state index in [9.17, 15) is 4.79 Å². The molecule has 3 rings (SSSR count). The average Bonchev–Trinajstić information content (AvgIpc) is 2.93. The van der Waals surface area contributed by atoms with Gasteiger partial charge in [0.25, 0.3) is 5.91 Å². The number of halogens is 3. The van der Waals surface area contributed by atoms with Gasteiger partial charge in [0.15, 0.2) is 0 Å². The summed E-state index contributed by atoms with van der Waals surface area (Å²) in [5, 5.41) is 3.20. The van der Waals surface area contributed by atoms with Gasteiger partial charge in [0, 0.05) is 10.7 Å². The van der Waals surface area contributed by atoms with Gasteiger partial charge in [-0.25, -0.2) is 4.98 Å². The number of benzene rings is 1. The number of anilines is 1. The lowest BCUT2D eigenvalue weighted by Crippen LogP contribution is -2.13. The molecule has 1 N–H and O–H groups in total. The van der Waals surface area contributed by atoms with Crippen LogP contribution in [0.15, 0.2) is 28.9 Å². The van der Waals surface area contributed by atoms with Crippen molar-refractivity contribution in [3.8, 4) is 0 Å². The minimum atomic E-state index is -0.420. The van der Waals surface area contributed by atoms with E-state index in [1.807, 2.05) is 0 Å². The summed E-state index contributed by atoms with van der Waals surface area (Å²) in [6.07, 6.45) is 1.51. The molecule has 0 saturated heterocycles. The molecule has 1 aromatic carbocycles. The molecule has 9 heteroatoms. The molecule has 21 heavy (non-hydrogen) atoms. The second-order valence-corrected chi connectivity index (χ2v) is 6.21. The van der Waals surface area contributed by atoms with Crippen molar-refractivity contribution in [1.82, 2.24) is 13.7 Å². The largest absolute Gasteiger partial charge is 0.319 e. The zero-order chi connectivity index (χ0) is 15.0. The molecule has 0 aliphatic heterocycles. The predicted octanol–water partition coefficient (Wildman–Crippen LogP) is 4.41. The summed E-state index contributed by atoms with van der Waals surface area (Å²) >= 11 is 16.4. The van der Waals surface area contributed by atoms with Gasteiger partial charge >= 0.3 is 0 Å². The molecular weight excluding hydrogens is 399 g/mol. The molecular formula is C12H5BrCl2N4OS. The van der Waals surface area contributed by atoms with Gasteiger partial charge in [-0.1, -0.05) is 23.2 Å². The summed E-state index contributed by atoms with van der Waals surface area (Å²) in [6.45, 7) is 0. The first-order valence-electron chi connectivity index (χ1n) is 5.59. The molecule has 0 unspecified atom stereocenters. The molecule has 106 valence electrons. The van der Waals surface area contributed by atoms with Crippen molar-refractivity contribution >= 4 is 73.5 Å². The van der Waals surface area contributed by atoms with Crippen LogP contribution in [0.5, 0.6) is 0 Å². The van der Waals surface area contributed by atoms with Crippen LogP contribution >= 0.6 is 50.9 Å². The van der Waals surface area contributed by atoms with E-state index >= 15 is 0 Å². The van der Waals surface area contributed by atoms with Crippen LogP contribution in [0, 0.1) is 0 Å². The Bertz CT molecular complexity index is 854. The Hall–Kier alpha value is -1.28. The monoisotopic (exact) mass is 402 g/mol. The van der Waals surface area contributed by atoms with Gasteiger partial charge in [-0.05, 0) is 34.1 Å². The van der Waals surface area contributed by atoms with Crippen LogP contribution in [-0.2, 0) is 0 Å². The molecule has 0 radical (unpaired) electrons. The number of amides is 1. The van der Waals surface area contributed by atoms with E-state index in [0.717, 1.165) is 11.7 Å². The molecule has 2 heterocycles. The number of aromatic nitrogens is 3. The van der Waals surface area contributed by atoms with Crippen molar-refractivity contribution in [2.75, 3.05) is 5.32 Å². The Morgan fingerprint density at radius 2 is 2.10 bits per heavy atom. The highest BCUT2D eigenvalue weighted by Gasteiger charge is 2.17. The Morgan fingerprint density at radius 1 is 1.29 bits per heavy atom. The summed E-state index contributed by atoms with van der Waals surface area (Å²) < 4.78 is 8.90. The Morgan fingerprint density at radius 3 is 2.90 bits per heavy atom. The third-order valence-corrected chi connectivity index (χ3v) is 4.26. The van der Waals surface area contributed by atoms with Crippen LogP contribution in [0.1, 0.15) is 10.4 Å². The second-order valence-electron chi connectivity index (χ2n) is 4.00. The lowest BCUT2D eigenvalue weighted by Gasteiger charge is -2.08. The summed E-state index contributed by atoms with van der Waals surface area (Å²) in [5.74, 6) is -0.420. The molecule has 0 aliphatic rings. The van der Waals surface area contributed by atoms with Crippen LogP contribution in [0.3, 0.4) is 0 Å². The second kappa shape index (κ2) is 5.84. The molecule has 0 saturated carbocycles. The maximum atomic E-state index is 12.3. The zero-order valence-electron chi connectivity index (χ0n) is 10.1. The van der Waals surface area contributed by atoms with Crippen molar-refractivity contribution in [3.05, 3.63) is 44.6 Å². The number of carbonyl (C=O) groups excluding carboxylic acids is 1. The Labute approximate surface area is 141 Å². The first-order chi connectivity index (χ1) is 10.1. The van der Waals surface area contributed by atoms with Gasteiger partial charge in [-0.2, -0.15) is 8.75 Å². The number of hydrogen-bond acceptors (Lipinski definition) is 5. The lowest BCUT2D eigenvalue weighted by molar-refractivity contribution is 0.102. The minimum absolute atomic E-state index is 0.107. The number of fused-ring (bicyclic) bond motifs is 1. The number of hydrogen-bond donors (Lipinski definition) is 1. The highest BCUT2D eigenvalue weighted by molar-refractivity contribution is 9.10. The van der Waals surface area contributed by atoms with Crippen molar-refractivity contribution < 1.29 is 4.79 Å². The smallest absolute Gasteiger partial charge is 0.258 e. The molecule has 0 atom stereocenters. The maximum Gasteiger partial charge on any atom is 0.258 e. The van der Waals surface area contributed by atoms with Crippen LogP contribution in [0.2, 0.25) is 10.2 Å². The van der Waals surface area contributed by atoms with Gasteiger partial charge in [0.2, 0.25) is 0 Å². The molecule has 0 fully saturated rings. The third kappa shape index (κ3) is 2.87. The van der Waals surface area contributed by atoms with Gasteiger partial charge < -0.3 is 5.32 Å². The van der Waals surface area contributed by atoms with E-state index in [0.29, 0.717) is 26.2 Å². The molecule has 0 spiro atoms. The van der Waals surface area contributed by atoms with Crippen molar-refractivity contribution in [3.63, 3.8) is 0 Å². The summed E-state index contributed by atoms with van der Waals surface area (Å²) in [6, 6.07) is 4.98. The number of nitrogens with zero attached hydrogens (tertiary/aromatic N) is 3. The summed E-state index contributed by atoms with van der Waals surface area (Å²) in [5.41, 5.74) is 1.85. The SMILES string of the molecule is O=C(Nc1c(Cl)ccc2nsnc12)c1cc(Br)cnc1Cl. The van der Waals surface area contributed by atoms with Gasteiger partial charge in [0.05, 0.1) is 28.0 Å². The third-order valence-electron chi connectivity index (χ3n) is 2.67. The first-order valence-corrected chi connectivity index (χ1v) is 7.87. The lowest BCUT2D eigenvalue weighted by atomic mass is 10.2.